The Morgan fingerprint density at radius 2 is 1.66 bits per heavy atom. The van der Waals surface area contributed by atoms with Crippen LogP contribution in [0, 0.1) is 5.92 Å². The molecule has 1 saturated heterocycles. The van der Waals surface area contributed by atoms with Crippen LogP contribution in [0.3, 0.4) is 0 Å². The summed E-state index contributed by atoms with van der Waals surface area (Å²) in [7, 11) is 1.63. The number of methoxy groups -OCH3 is 1. The molecule has 2 amide bonds. The summed E-state index contributed by atoms with van der Waals surface area (Å²) in [5, 5.41) is 3.03. The van der Waals surface area contributed by atoms with Crippen LogP contribution in [-0.4, -0.2) is 30.5 Å². The quantitative estimate of drug-likeness (QED) is 0.624. The minimum Gasteiger partial charge on any atom is -0.497 e. The molecule has 1 heterocycles. The van der Waals surface area contributed by atoms with Gasteiger partial charge in [-0.1, -0.05) is 49.4 Å². The first-order chi connectivity index (χ1) is 14.1. The van der Waals surface area contributed by atoms with Gasteiger partial charge in [0, 0.05) is 5.56 Å². The van der Waals surface area contributed by atoms with Crippen LogP contribution in [0.2, 0.25) is 0 Å². The van der Waals surface area contributed by atoms with E-state index in [0.717, 1.165) is 22.6 Å². The van der Waals surface area contributed by atoms with E-state index in [-0.39, 0.29) is 17.7 Å². The van der Waals surface area contributed by atoms with Crippen LogP contribution in [0.1, 0.15) is 17.3 Å². The molecule has 1 fully saturated rings. The summed E-state index contributed by atoms with van der Waals surface area (Å²) in [5.74, 6) is 0.0207. The Kier molecular flexibility index (Phi) is 5.04. The molecule has 5 nitrogen and oxygen atoms in total. The van der Waals surface area contributed by atoms with Crippen LogP contribution in [0.5, 0.6) is 5.75 Å². The van der Waals surface area contributed by atoms with E-state index in [0.29, 0.717) is 12.1 Å². The topological polar surface area (TPSA) is 49.9 Å². The molecule has 4 rings (SSSR count). The highest BCUT2D eigenvalue weighted by molar-refractivity contribution is 6.08. The second kappa shape index (κ2) is 7.80. The van der Waals surface area contributed by atoms with E-state index in [1.165, 1.54) is 5.01 Å². The van der Waals surface area contributed by atoms with E-state index in [1.807, 2.05) is 79.7 Å². The summed E-state index contributed by atoms with van der Waals surface area (Å²) in [6.07, 6.45) is 0. The van der Waals surface area contributed by atoms with Gasteiger partial charge in [0.15, 0.2) is 0 Å². The van der Waals surface area contributed by atoms with E-state index >= 15 is 0 Å². The normalized spacial score (nSPS) is 16.2. The zero-order chi connectivity index (χ0) is 20.4. The molecule has 0 N–H and O–H groups in total. The summed E-state index contributed by atoms with van der Waals surface area (Å²) in [6, 6.07) is 24.5. The third kappa shape index (κ3) is 3.59. The average Bonchev–Trinajstić information content (AvgIpc) is 3.08. The molecule has 1 aliphatic rings. The number of rotatable bonds is 4. The number of amides is 2. The molecular formula is C24H22N2O3. The Morgan fingerprint density at radius 1 is 0.931 bits per heavy atom. The van der Waals surface area contributed by atoms with Gasteiger partial charge in [-0.25, -0.2) is 0 Å². The summed E-state index contributed by atoms with van der Waals surface area (Å²) in [6.45, 7) is 2.33. The third-order valence-electron chi connectivity index (χ3n) is 5.10. The highest BCUT2D eigenvalue weighted by Gasteiger charge is 2.40. The molecule has 29 heavy (non-hydrogen) atoms. The molecule has 146 valence electrons. The van der Waals surface area contributed by atoms with Gasteiger partial charge >= 0.3 is 0 Å². The predicted molar refractivity (Wildman–Crippen MR) is 113 cm³/mol. The predicted octanol–water partition coefficient (Wildman–Crippen LogP) is 4.40. The lowest BCUT2D eigenvalue weighted by molar-refractivity contribution is -0.128. The molecule has 0 aliphatic carbocycles. The number of hydrogen-bond donors (Lipinski definition) is 0. The van der Waals surface area contributed by atoms with E-state index in [2.05, 4.69) is 0 Å². The second-order valence-electron chi connectivity index (χ2n) is 7.08. The number of hydrazine groups is 1. The number of carbonyl (C=O) groups excluding carboxylic acids is 2. The first kappa shape index (κ1) is 18.7. The maximum absolute atomic E-state index is 13.3. The van der Waals surface area contributed by atoms with Crippen LogP contribution in [0.15, 0.2) is 78.9 Å². The standard InChI is InChI=1S/C24H22N2O3/c1-17-16-25(21-9-4-3-5-10-21)26(23(17)27)24(28)20-8-6-7-19(15-20)18-11-13-22(29-2)14-12-18/h3-15,17H,16H2,1-2H3. The number of nitrogens with zero attached hydrogens (tertiary/aromatic N) is 2. The third-order valence-corrected chi connectivity index (χ3v) is 5.10. The largest absolute Gasteiger partial charge is 0.497 e. The molecule has 1 unspecified atom stereocenters. The number of hydrogen-bond acceptors (Lipinski definition) is 4. The summed E-state index contributed by atoms with van der Waals surface area (Å²) >= 11 is 0. The van der Waals surface area contributed by atoms with Crippen molar-refractivity contribution in [3.05, 3.63) is 84.4 Å². The van der Waals surface area contributed by atoms with Crippen molar-refractivity contribution in [2.75, 3.05) is 18.7 Å². The van der Waals surface area contributed by atoms with Crippen molar-refractivity contribution in [2.45, 2.75) is 6.92 Å². The monoisotopic (exact) mass is 386 g/mol. The zero-order valence-corrected chi connectivity index (χ0v) is 16.4. The number of benzene rings is 3. The van der Waals surface area contributed by atoms with Gasteiger partial charge in [0.1, 0.15) is 5.75 Å². The lowest BCUT2D eigenvalue weighted by atomic mass is 10.0. The Labute approximate surface area is 170 Å². The Balaban J connectivity index is 1.66. The van der Waals surface area contributed by atoms with Crippen molar-refractivity contribution in [2.24, 2.45) is 5.92 Å². The SMILES string of the molecule is COc1ccc(-c2cccc(C(=O)N3C(=O)C(C)CN3c3ccccc3)c2)cc1. The van der Waals surface area contributed by atoms with Crippen molar-refractivity contribution in [1.29, 1.82) is 0 Å². The summed E-state index contributed by atoms with van der Waals surface area (Å²) in [4.78, 5) is 26.1. The van der Waals surface area contributed by atoms with Crippen molar-refractivity contribution in [1.82, 2.24) is 5.01 Å². The smallest absolute Gasteiger partial charge is 0.279 e. The Morgan fingerprint density at radius 3 is 2.34 bits per heavy atom. The molecule has 3 aromatic rings. The summed E-state index contributed by atoms with van der Waals surface area (Å²) in [5.41, 5.74) is 3.18. The molecule has 0 saturated carbocycles. The van der Waals surface area contributed by atoms with Gasteiger partial charge in [-0.2, -0.15) is 5.01 Å². The zero-order valence-electron chi connectivity index (χ0n) is 16.4. The van der Waals surface area contributed by atoms with Gasteiger partial charge in [-0.3, -0.25) is 14.6 Å². The van der Waals surface area contributed by atoms with Gasteiger partial charge in [-0.15, -0.1) is 0 Å². The molecule has 0 bridgehead atoms. The lowest BCUT2D eigenvalue weighted by Gasteiger charge is -2.28. The molecule has 1 aliphatic heterocycles. The molecule has 0 aromatic heterocycles. The Bertz CT molecular complexity index is 1030. The molecule has 0 radical (unpaired) electrons. The highest BCUT2D eigenvalue weighted by atomic mass is 16.5. The average molecular weight is 386 g/mol. The number of anilines is 1. The number of imide groups is 1. The van der Waals surface area contributed by atoms with Gasteiger partial charge in [0.25, 0.3) is 11.8 Å². The number of ether oxygens (including phenoxy) is 1. The van der Waals surface area contributed by atoms with Gasteiger partial charge < -0.3 is 4.74 Å². The van der Waals surface area contributed by atoms with Crippen LogP contribution in [0.4, 0.5) is 5.69 Å². The number of carbonyl (C=O) groups is 2. The first-order valence-corrected chi connectivity index (χ1v) is 9.54. The minimum absolute atomic E-state index is 0.186. The first-order valence-electron chi connectivity index (χ1n) is 9.54. The van der Waals surface area contributed by atoms with E-state index in [1.54, 1.807) is 18.2 Å². The van der Waals surface area contributed by atoms with Gasteiger partial charge in [0.05, 0.1) is 25.3 Å². The van der Waals surface area contributed by atoms with Gasteiger partial charge in [-0.05, 0) is 47.5 Å². The molecule has 1 atom stereocenters. The van der Waals surface area contributed by atoms with Crippen molar-refractivity contribution in [3.63, 3.8) is 0 Å². The maximum atomic E-state index is 13.3. The number of para-hydroxylation sites is 1. The minimum atomic E-state index is -0.321. The van der Waals surface area contributed by atoms with Crippen LogP contribution >= 0.6 is 0 Å². The fourth-order valence-electron chi connectivity index (χ4n) is 3.52. The van der Waals surface area contributed by atoms with Crippen molar-refractivity contribution in [3.8, 4) is 16.9 Å². The fraction of sp³-hybridized carbons (Fsp3) is 0.167. The fourth-order valence-corrected chi connectivity index (χ4v) is 3.52. The van der Waals surface area contributed by atoms with Crippen molar-refractivity contribution >= 4 is 17.5 Å². The molecule has 3 aromatic carbocycles. The molecule has 5 heteroatoms. The van der Waals surface area contributed by atoms with Crippen LogP contribution in [-0.2, 0) is 4.79 Å². The lowest BCUT2D eigenvalue weighted by Crippen LogP contribution is -2.43. The van der Waals surface area contributed by atoms with E-state index in [9.17, 15) is 9.59 Å². The highest BCUT2D eigenvalue weighted by Crippen LogP contribution is 2.29. The van der Waals surface area contributed by atoms with Crippen molar-refractivity contribution < 1.29 is 14.3 Å². The maximum Gasteiger partial charge on any atom is 0.279 e. The Hall–Kier alpha value is -3.60. The molecular weight excluding hydrogens is 364 g/mol. The van der Waals surface area contributed by atoms with Crippen LogP contribution < -0.4 is 9.75 Å². The van der Waals surface area contributed by atoms with E-state index < -0.39 is 0 Å². The van der Waals surface area contributed by atoms with Gasteiger partial charge in [0.2, 0.25) is 0 Å². The molecule has 0 spiro atoms. The van der Waals surface area contributed by atoms with E-state index in [4.69, 9.17) is 4.74 Å². The summed E-state index contributed by atoms with van der Waals surface area (Å²) < 4.78 is 5.21. The van der Waals surface area contributed by atoms with Crippen LogP contribution in [0.25, 0.3) is 11.1 Å². The second-order valence-corrected chi connectivity index (χ2v) is 7.08.